The van der Waals surface area contributed by atoms with E-state index < -0.39 is 0 Å². The fourth-order valence-corrected chi connectivity index (χ4v) is 3.87. The number of nitrogens with zero attached hydrogens (tertiary/aromatic N) is 5. The lowest BCUT2D eigenvalue weighted by Crippen LogP contribution is -2.24. The summed E-state index contributed by atoms with van der Waals surface area (Å²) < 4.78 is 1.80. The average molecular weight is 453 g/mol. The average Bonchev–Trinajstić information content (AvgIpc) is 3.26. The van der Waals surface area contributed by atoms with Crippen molar-refractivity contribution >= 4 is 28.0 Å². The van der Waals surface area contributed by atoms with Gasteiger partial charge in [-0.15, -0.1) is 5.10 Å². The molecule has 0 fully saturated rings. The largest absolute Gasteiger partial charge is 0.275 e. The highest BCUT2D eigenvalue weighted by molar-refractivity contribution is 5.95. The van der Waals surface area contributed by atoms with Gasteiger partial charge in [-0.3, -0.25) is 14.6 Å². The minimum atomic E-state index is -0.256. The van der Waals surface area contributed by atoms with Gasteiger partial charge in [-0.05, 0) is 66.9 Å². The Morgan fingerprint density at radius 2 is 1.94 bits per heavy atom. The Hall–Kier alpha value is -4.17. The number of rotatable bonds is 7. The van der Waals surface area contributed by atoms with Gasteiger partial charge in [-0.1, -0.05) is 30.3 Å². The number of nitrogens with one attached hydrogen (secondary N) is 1. The van der Waals surface area contributed by atoms with Crippen LogP contribution in [0.2, 0.25) is 0 Å². The zero-order valence-electron chi connectivity index (χ0n) is 19.0. The van der Waals surface area contributed by atoms with Gasteiger partial charge in [-0.25, -0.2) is 15.1 Å². The van der Waals surface area contributed by atoms with Crippen molar-refractivity contribution in [1.82, 2.24) is 30.4 Å². The van der Waals surface area contributed by atoms with E-state index in [-0.39, 0.29) is 5.91 Å². The van der Waals surface area contributed by atoms with Crippen LogP contribution in [0.1, 0.15) is 34.8 Å². The van der Waals surface area contributed by atoms with Gasteiger partial charge >= 0.3 is 0 Å². The van der Waals surface area contributed by atoms with Crippen molar-refractivity contribution in [2.24, 2.45) is 0 Å². The van der Waals surface area contributed by atoms with Crippen LogP contribution in [0.3, 0.4) is 0 Å². The maximum atomic E-state index is 12.4. The predicted molar refractivity (Wildman–Crippen MR) is 130 cm³/mol. The SMILES string of the molecule is CCCONC(=O)c1ccc(-c2ccc3nnn(Cc4ccc5ncccc5c4)c3n2)cc1C. The summed E-state index contributed by atoms with van der Waals surface area (Å²) in [5.74, 6) is -0.256. The Morgan fingerprint density at radius 3 is 2.79 bits per heavy atom. The monoisotopic (exact) mass is 452 g/mol. The number of fused-ring (bicyclic) bond motifs is 2. The molecule has 5 aromatic rings. The number of benzene rings is 2. The third-order valence-electron chi connectivity index (χ3n) is 5.60. The van der Waals surface area contributed by atoms with Crippen LogP contribution in [0.25, 0.3) is 33.3 Å². The number of hydroxylamine groups is 1. The van der Waals surface area contributed by atoms with Gasteiger partial charge in [0.25, 0.3) is 5.91 Å². The van der Waals surface area contributed by atoms with E-state index in [1.807, 2.05) is 62.4 Å². The molecule has 0 radical (unpaired) electrons. The number of hydrogen-bond donors (Lipinski definition) is 1. The fourth-order valence-electron chi connectivity index (χ4n) is 3.87. The first-order valence-electron chi connectivity index (χ1n) is 11.2. The first kappa shape index (κ1) is 21.7. The molecule has 2 aromatic carbocycles. The maximum Gasteiger partial charge on any atom is 0.275 e. The second-order valence-electron chi connectivity index (χ2n) is 8.13. The molecule has 1 amide bonds. The van der Waals surface area contributed by atoms with E-state index in [9.17, 15) is 4.79 Å². The molecule has 0 aliphatic heterocycles. The zero-order valence-corrected chi connectivity index (χ0v) is 19.0. The van der Waals surface area contributed by atoms with Crippen LogP contribution >= 0.6 is 0 Å². The van der Waals surface area contributed by atoms with Crippen LogP contribution in [0, 0.1) is 6.92 Å². The molecule has 0 bridgehead atoms. The fraction of sp³-hybridized carbons (Fsp3) is 0.192. The molecule has 34 heavy (non-hydrogen) atoms. The Morgan fingerprint density at radius 1 is 1.06 bits per heavy atom. The quantitative estimate of drug-likeness (QED) is 0.289. The second kappa shape index (κ2) is 9.36. The smallest absolute Gasteiger partial charge is 0.273 e. The summed E-state index contributed by atoms with van der Waals surface area (Å²) in [4.78, 5) is 26.7. The Balaban J connectivity index is 1.42. The van der Waals surface area contributed by atoms with Gasteiger partial charge in [-0.2, -0.15) is 0 Å². The van der Waals surface area contributed by atoms with Crippen LogP contribution in [0.4, 0.5) is 0 Å². The molecular weight excluding hydrogens is 428 g/mol. The minimum Gasteiger partial charge on any atom is -0.273 e. The third-order valence-corrected chi connectivity index (χ3v) is 5.60. The Labute approximate surface area is 196 Å². The second-order valence-corrected chi connectivity index (χ2v) is 8.13. The topological polar surface area (TPSA) is 94.8 Å². The highest BCUT2D eigenvalue weighted by Crippen LogP contribution is 2.23. The molecular formula is C26H24N6O2. The van der Waals surface area contributed by atoms with Crippen LogP contribution in [-0.4, -0.2) is 37.5 Å². The Bertz CT molecular complexity index is 1490. The number of pyridine rings is 2. The van der Waals surface area contributed by atoms with Gasteiger partial charge in [0.15, 0.2) is 5.65 Å². The molecule has 170 valence electrons. The van der Waals surface area contributed by atoms with Gasteiger partial charge in [0.05, 0.1) is 24.4 Å². The molecule has 0 spiro atoms. The van der Waals surface area contributed by atoms with E-state index in [0.717, 1.165) is 45.2 Å². The maximum absolute atomic E-state index is 12.4. The standard InChI is InChI=1S/C26H24N6O2/c1-3-13-34-30-26(33)21-8-7-20(14-17(21)2)23-10-11-24-25(28-23)32(31-29-24)16-18-6-9-22-19(15-18)5-4-12-27-22/h4-12,14-15H,3,13,16H2,1-2H3,(H,30,33). The lowest BCUT2D eigenvalue weighted by atomic mass is 10.0. The van der Waals surface area contributed by atoms with Crippen molar-refractivity contribution < 1.29 is 9.63 Å². The Kier molecular flexibility index (Phi) is 5.97. The number of carbonyl (C=O) groups excluding carboxylic acids is 1. The van der Waals surface area contributed by atoms with E-state index in [4.69, 9.17) is 9.82 Å². The number of amides is 1. The molecule has 3 heterocycles. The molecule has 8 nitrogen and oxygen atoms in total. The summed E-state index contributed by atoms with van der Waals surface area (Å²) in [6.45, 7) is 4.91. The van der Waals surface area contributed by atoms with Crippen LogP contribution < -0.4 is 5.48 Å². The first-order valence-corrected chi connectivity index (χ1v) is 11.2. The molecule has 0 atom stereocenters. The number of aromatic nitrogens is 5. The van der Waals surface area contributed by atoms with Crippen molar-refractivity contribution in [3.05, 3.63) is 83.6 Å². The molecule has 1 N–H and O–H groups in total. The minimum absolute atomic E-state index is 0.256. The number of carbonyl (C=O) groups is 1. The molecule has 0 saturated carbocycles. The van der Waals surface area contributed by atoms with Gasteiger partial charge in [0, 0.05) is 22.7 Å². The summed E-state index contributed by atoms with van der Waals surface area (Å²) >= 11 is 0. The lowest BCUT2D eigenvalue weighted by Gasteiger charge is -2.09. The number of aryl methyl sites for hydroxylation is 1. The first-order chi connectivity index (χ1) is 16.6. The van der Waals surface area contributed by atoms with Crippen LogP contribution in [-0.2, 0) is 11.4 Å². The summed E-state index contributed by atoms with van der Waals surface area (Å²) in [5, 5.41) is 9.67. The molecule has 3 aromatic heterocycles. The van der Waals surface area contributed by atoms with E-state index in [2.05, 4.69) is 26.8 Å². The van der Waals surface area contributed by atoms with E-state index in [1.54, 1.807) is 16.9 Å². The van der Waals surface area contributed by atoms with Gasteiger partial charge < -0.3 is 0 Å². The summed E-state index contributed by atoms with van der Waals surface area (Å²) in [5.41, 5.74) is 9.08. The zero-order chi connectivity index (χ0) is 23.5. The molecule has 0 aliphatic rings. The third kappa shape index (κ3) is 4.35. The molecule has 0 saturated heterocycles. The highest BCUT2D eigenvalue weighted by Gasteiger charge is 2.13. The molecule has 0 aliphatic carbocycles. The van der Waals surface area contributed by atoms with E-state index >= 15 is 0 Å². The van der Waals surface area contributed by atoms with E-state index in [1.165, 1.54) is 0 Å². The molecule has 0 unspecified atom stereocenters. The van der Waals surface area contributed by atoms with E-state index in [0.29, 0.717) is 24.4 Å². The van der Waals surface area contributed by atoms with Crippen molar-refractivity contribution in [3.63, 3.8) is 0 Å². The highest BCUT2D eigenvalue weighted by atomic mass is 16.6. The summed E-state index contributed by atoms with van der Waals surface area (Å²) in [7, 11) is 0. The van der Waals surface area contributed by atoms with Crippen LogP contribution in [0.15, 0.2) is 66.9 Å². The summed E-state index contributed by atoms with van der Waals surface area (Å²) in [6, 6.07) is 19.6. The number of hydrogen-bond acceptors (Lipinski definition) is 6. The van der Waals surface area contributed by atoms with Crippen molar-refractivity contribution in [3.8, 4) is 11.3 Å². The summed E-state index contributed by atoms with van der Waals surface area (Å²) in [6.07, 6.45) is 2.62. The van der Waals surface area contributed by atoms with Crippen molar-refractivity contribution in [2.45, 2.75) is 26.8 Å². The normalized spacial score (nSPS) is 11.2. The molecule has 5 rings (SSSR count). The van der Waals surface area contributed by atoms with Crippen molar-refractivity contribution in [1.29, 1.82) is 0 Å². The van der Waals surface area contributed by atoms with Crippen LogP contribution in [0.5, 0.6) is 0 Å². The predicted octanol–water partition coefficient (Wildman–Crippen LogP) is 4.47. The van der Waals surface area contributed by atoms with Gasteiger partial charge in [0.1, 0.15) is 5.52 Å². The lowest BCUT2D eigenvalue weighted by molar-refractivity contribution is 0.0314. The van der Waals surface area contributed by atoms with Crippen molar-refractivity contribution in [2.75, 3.05) is 6.61 Å². The van der Waals surface area contributed by atoms with Gasteiger partial charge in [0.2, 0.25) is 0 Å². The molecule has 8 heteroatoms.